The van der Waals surface area contributed by atoms with E-state index in [1.54, 1.807) is 18.2 Å². The maximum Gasteiger partial charge on any atom is 0.418 e. The molecule has 2 aromatic rings. The van der Waals surface area contributed by atoms with Gasteiger partial charge >= 0.3 is 6.18 Å². The number of pyridine rings is 1. The SMILES string of the molecule is FC(F)(F)c1cc(NC2CCNCC2)cc2cccnc12. The predicted molar refractivity (Wildman–Crippen MR) is 76.3 cm³/mol. The zero-order valence-electron chi connectivity index (χ0n) is 11.4. The van der Waals surface area contributed by atoms with Gasteiger partial charge in [-0.05, 0) is 44.1 Å². The van der Waals surface area contributed by atoms with E-state index < -0.39 is 11.7 Å². The third-order valence-corrected chi connectivity index (χ3v) is 3.72. The molecule has 0 amide bonds. The zero-order valence-corrected chi connectivity index (χ0v) is 11.4. The lowest BCUT2D eigenvalue weighted by Crippen LogP contribution is -2.35. The van der Waals surface area contributed by atoms with Gasteiger partial charge in [0.15, 0.2) is 0 Å². The summed E-state index contributed by atoms with van der Waals surface area (Å²) in [6.45, 7) is 1.78. The van der Waals surface area contributed by atoms with Crippen molar-refractivity contribution in [2.24, 2.45) is 0 Å². The Morgan fingerprint density at radius 1 is 1.19 bits per heavy atom. The van der Waals surface area contributed by atoms with Gasteiger partial charge in [0.2, 0.25) is 0 Å². The van der Waals surface area contributed by atoms with E-state index in [2.05, 4.69) is 15.6 Å². The molecule has 0 aliphatic carbocycles. The van der Waals surface area contributed by atoms with E-state index in [9.17, 15) is 13.2 Å². The molecule has 0 unspecified atom stereocenters. The highest BCUT2D eigenvalue weighted by molar-refractivity contribution is 5.86. The molecule has 3 nitrogen and oxygen atoms in total. The molecular formula is C15H16F3N3. The summed E-state index contributed by atoms with van der Waals surface area (Å²) in [4.78, 5) is 3.88. The minimum absolute atomic E-state index is 0.000797. The lowest BCUT2D eigenvalue weighted by molar-refractivity contribution is -0.136. The van der Waals surface area contributed by atoms with Crippen LogP contribution in [0.15, 0.2) is 30.5 Å². The van der Waals surface area contributed by atoms with Crippen LogP contribution in [0.25, 0.3) is 10.9 Å². The maximum absolute atomic E-state index is 13.2. The number of rotatable bonds is 2. The van der Waals surface area contributed by atoms with Crippen LogP contribution in [0.1, 0.15) is 18.4 Å². The second kappa shape index (κ2) is 5.52. The van der Waals surface area contributed by atoms with Gasteiger partial charge in [-0.2, -0.15) is 13.2 Å². The topological polar surface area (TPSA) is 37.0 Å². The summed E-state index contributed by atoms with van der Waals surface area (Å²) in [6, 6.07) is 6.42. The van der Waals surface area contributed by atoms with Crippen LogP contribution < -0.4 is 10.6 Å². The monoisotopic (exact) mass is 295 g/mol. The van der Waals surface area contributed by atoms with Crippen molar-refractivity contribution in [3.8, 4) is 0 Å². The summed E-state index contributed by atoms with van der Waals surface area (Å²) in [5, 5.41) is 6.96. The number of hydrogen-bond donors (Lipinski definition) is 2. The molecule has 0 radical (unpaired) electrons. The number of piperidine rings is 1. The first-order valence-corrected chi connectivity index (χ1v) is 6.97. The van der Waals surface area contributed by atoms with Crippen molar-refractivity contribution in [3.63, 3.8) is 0 Å². The van der Waals surface area contributed by atoms with Crippen molar-refractivity contribution in [3.05, 3.63) is 36.0 Å². The van der Waals surface area contributed by atoms with E-state index in [1.807, 2.05) is 0 Å². The molecule has 112 valence electrons. The number of nitrogens with one attached hydrogen (secondary N) is 2. The number of nitrogens with zero attached hydrogens (tertiary/aromatic N) is 1. The summed E-state index contributed by atoms with van der Waals surface area (Å²) in [5.41, 5.74) is -0.173. The van der Waals surface area contributed by atoms with Gasteiger partial charge in [-0.3, -0.25) is 4.98 Å². The first-order chi connectivity index (χ1) is 10.0. The average molecular weight is 295 g/mol. The Labute approximate surface area is 120 Å². The summed E-state index contributed by atoms with van der Waals surface area (Å²) in [7, 11) is 0. The highest BCUT2D eigenvalue weighted by Gasteiger charge is 2.34. The number of benzene rings is 1. The number of alkyl halides is 3. The minimum atomic E-state index is -4.40. The molecule has 1 aliphatic rings. The van der Waals surface area contributed by atoms with Gasteiger partial charge in [-0.15, -0.1) is 0 Å². The van der Waals surface area contributed by atoms with Gasteiger partial charge in [0.1, 0.15) is 0 Å². The molecule has 0 saturated carbocycles. The van der Waals surface area contributed by atoms with Crippen LogP contribution in [0.5, 0.6) is 0 Å². The van der Waals surface area contributed by atoms with Gasteiger partial charge < -0.3 is 10.6 Å². The number of hydrogen-bond acceptors (Lipinski definition) is 3. The molecular weight excluding hydrogens is 279 g/mol. The van der Waals surface area contributed by atoms with Crippen molar-refractivity contribution in [1.82, 2.24) is 10.3 Å². The van der Waals surface area contributed by atoms with Crippen LogP contribution in [0.3, 0.4) is 0 Å². The molecule has 6 heteroatoms. The second-order valence-corrected chi connectivity index (χ2v) is 5.27. The van der Waals surface area contributed by atoms with E-state index in [-0.39, 0.29) is 11.6 Å². The first-order valence-electron chi connectivity index (χ1n) is 6.97. The first kappa shape index (κ1) is 14.1. The number of anilines is 1. The van der Waals surface area contributed by atoms with Crippen LogP contribution in [0, 0.1) is 0 Å². The van der Waals surface area contributed by atoms with E-state index in [4.69, 9.17) is 0 Å². The van der Waals surface area contributed by atoms with Gasteiger partial charge in [-0.25, -0.2) is 0 Å². The summed E-state index contributed by atoms with van der Waals surface area (Å²) >= 11 is 0. The number of aromatic nitrogens is 1. The quantitative estimate of drug-likeness (QED) is 0.891. The molecule has 1 aliphatic heterocycles. The molecule has 0 spiro atoms. The molecule has 3 rings (SSSR count). The third-order valence-electron chi connectivity index (χ3n) is 3.72. The van der Waals surface area contributed by atoms with Crippen molar-refractivity contribution in [1.29, 1.82) is 0 Å². The minimum Gasteiger partial charge on any atom is -0.382 e. The fourth-order valence-electron chi connectivity index (χ4n) is 2.69. The highest BCUT2D eigenvalue weighted by Crippen LogP contribution is 2.36. The van der Waals surface area contributed by atoms with E-state index >= 15 is 0 Å². The molecule has 1 fully saturated rings. The lowest BCUT2D eigenvalue weighted by Gasteiger charge is -2.25. The fourth-order valence-corrected chi connectivity index (χ4v) is 2.69. The Balaban J connectivity index is 1.99. The van der Waals surface area contributed by atoms with Crippen LogP contribution >= 0.6 is 0 Å². The Morgan fingerprint density at radius 3 is 2.67 bits per heavy atom. The smallest absolute Gasteiger partial charge is 0.382 e. The summed E-state index contributed by atoms with van der Waals surface area (Å²) in [5.74, 6) is 0. The third kappa shape index (κ3) is 3.10. The van der Waals surface area contributed by atoms with Crippen LogP contribution in [0.4, 0.5) is 18.9 Å². The van der Waals surface area contributed by atoms with Gasteiger partial charge in [0.05, 0.1) is 11.1 Å². The zero-order chi connectivity index (χ0) is 14.9. The Bertz CT molecular complexity index is 634. The van der Waals surface area contributed by atoms with Crippen molar-refractivity contribution in [2.75, 3.05) is 18.4 Å². The van der Waals surface area contributed by atoms with E-state index in [1.165, 1.54) is 6.20 Å². The average Bonchev–Trinajstić information content (AvgIpc) is 2.46. The molecule has 2 heterocycles. The largest absolute Gasteiger partial charge is 0.418 e. The fraction of sp³-hybridized carbons (Fsp3) is 0.400. The lowest BCUT2D eigenvalue weighted by atomic mass is 10.0. The molecule has 1 saturated heterocycles. The normalized spacial score (nSPS) is 17.1. The summed E-state index contributed by atoms with van der Waals surface area (Å²) < 4.78 is 39.6. The van der Waals surface area contributed by atoms with E-state index in [0.29, 0.717) is 11.1 Å². The summed E-state index contributed by atoms with van der Waals surface area (Å²) in [6.07, 6.45) is -1.20. The Hall–Kier alpha value is -1.82. The molecule has 2 N–H and O–H groups in total. The highest BCUT2D eigenvalue weighted by atomic mass is 19.4. The van der Waals surface area contributed by atoms with Crippen LogP contribution in [-0.4, -0.2) is 24.1 Å². The van der Waals surface area contributed by atoms with Gasteiger partial charge in [0, 0.05) is 23.3 Å². The van der Waals surface area contributed by atoms with Crippen molar-refractivity contribution < 1.29 is 13.2 Å². The molecule has 0 bridgehead atoms. The molecule has 1 aromatic heterocycles. The maximum atomic E-state index is 13.2. The second-order valence-electron chi connectivity index (χ2n) is 5.27. The Morgan fingerprint density at radius 2 is 1.95 bits per heavy atom. The van der Waals surface area contributed by atoms with Crippen LogP contribution in [0.2, 0.25) is 0 Å². The predicted octanol–water partition coefficient (Wildman–Crippen LogP) is 3.42. The van der Waals surface area contributed by atoms with Crippen molar-refractivity contribution in [2.45, 2.75) is 25.1 Å². The van der Waals surface area contributed by atoms with Gasteiger partial charge in [-0.1, -0.05) is 6.07 Å². The number of halogens is 3. The van der Waals surface area contributed by atoms with E-state index in [0.717, 1.165) is 32.0 Å². The standard InChI is InChI=1S/C15H16F3N3/c16-15(17,18)13-9-12(21-11-3-6-19-7-4-11)8-10-2-1-5-20-14(10)13/h1-2,5,8-9,11,19,21H,3-4,6-7H2. The number of fused-ring (bicyclic) bond motifs is 1. The van der Waals surface area contributed by atoms with Crippen LogP contribution in [-0.2, 0) is 6.18 Å². The molecule has 21 heavy (non-hydrogen) atoms. The van der Waals surface area contributed by atoms with Gasteiger partial charge in [0.25, 0.3) is 0 Å². The van der Waals surface area contributed by atoms with Crippen molar-refractivity contribution >= 4 is 16.6 Å². The Kier molecular flexibility index (Phi) is 3.71. The molecule has 1 aromatic carbocycles. The molecule has 0 atom stereocenters.